The normalized spacial score (nSPS) is 17.2. The zero-order valence-corrected chi connectivity index (χ0v) is 15.1. The van der Waals surface area contributed by atoms with Gasteiger partial charge in [-0.3, -0.25) is 14.7 Å². The van der Waals surface area contributed by atoms with Crippen molar-refractivity contribution in [1.82, 2.24) is 15.2 Å². The number of likely N-dealkylation sites (tertiary alicyclic amines) is 1. The highest BCUT2D eigenvalue weighted by Crippen LogP contribution is 2.27. The lowest BCUT2D eigenvalue weighted by molar-refractivity contribution is -0.123. The van der Waals surface area contributed by atoms with Crippen molar-refractivity contribution >= 4 is 5.91 Å². The van der Waals surface area contributed by atoms with E-state index in [-0.39, 0.29) is 11.9 Å². The fraction of sp³-hybridized carbons (Fsp3) is 0.429. The van der Waals surface area contributed by atoms with Crippen molar-refractivity contribution in [2.24, 2.45) is 0 Å². The Labute approximate surface area is 150 Å². The third-order valence-corrected chi connectivity index (χ3v) is 5.04. The van der Waals surface area contributed by atoms with Gasteiger partial charge in [0.2, 0.25) is 5.91 Å². The molecular formula is C21H27N3O. The summed E-state index contributed by atoms with van der Waals surface area (Å²) in [5.74, 6) is 0.712. The summed E-state index contributed by atoms with van der Waals surface area (Å²) < 4.78 is 0. The highest BCUT2D eigenvalue weighted by molar-refractivity contribution is 5.78. The highest BCUT2D eigenvalue weighted by Gasteiger charge is 2.22. The number of carbonyl (C=O) groups is 1. The first-order valence-corrected chi connectivity index (χ1v) is 9.11. The van der Waals surface area contributed by atoms with Crippen LogP contribution in [0.3, 0.4) is 0 Å². The minimum atomic E-state index is -0.0116. The number of amides is 1. The molecule has 132 valence electrons. The summed E-state index contributed by atoms with van der Waals surface area (Å²) in [4.78, 5) is 18.9. The van der Waals surface area contributed by atoms with Gasteiger partial charge in [0.25, 0.3) is 0 Å². The molecule has 1 aliphatic rings. The van der Waals surface area contributed by atoms with Crippen molar-refractivity contribution in [1.29, 1.82) is 0 Å². The second-order valence-electron chi connectivity index (χ2n) is 6.98. The van der Waals surface area contributed by atoms with Gasteiger partial charge < -0.3 is 5.32 Å². The van der Waals surface area contributed by atoms with Crippen molar-refractivity contribution in [3.63, 3.8) is 0 Å². The molecule has 0 spiro atoms. The molecule has 3 rings (SSSR count). The van der Waals surface area contributed by atoms with Gasteiger partial charge in [-0.15, -0.1) is 0 Å². The van der Waals surface area contributed by atoms with Crippen LogP contribution in [0.25, 0.3) is 0 Å². The summed E-state index contributed by atoms with van der Waals surface area (Å²) in [5, 5.41) is 3.09. The number of rotatable bonds is 5. The first-order chi connectivity index (χ1) is 12.1. The van der Waals surface area contributed by atoms with Gasteiger partial charge in [0.15, 0.2) is 0 Å². The number of aromatic nitrogens is 1. The first-order valence-electron chi connectivity index (χ1n) is 9.11. The molecular weight excluding hydrogens is 310 g/mol. The van der Waals surface area contributed by atoms with E-state index < -0.39 is 0 Å². The molecule has 25 heavy (non-hydrogen) atoms. The average molecular weight is 337 g/mol. The van der Waals surface area contributed by atoms with Crippen LogP contribution in [-0.4, -0.2) is 35.4 Å². The molecule has 2 heterocycles. The summed E-state index contributed by atoms with van der Waals surface area (Å²) in [7, 11) is 0. The summed E-state index contributed by atoms with van der Waals surface area (Å²) in [5.41, 5.74) is 3.46. The molecule has 0 unspecified atom stereocenters. The van der Waals surface area contributed by atoms with Crippen LogP contribution >= 0.6 is 0 Å². The summed E-state index contributed by atoms with van der Waals surface area (Å²) in [6, 6.07) is 14.7. The highest BCUT2D eigenvalue weighted by atomic mass is 16.2. The number of carbonyl (C=O) groups excluding carboxylic acids is 1. The summed E-state index contributed by atoms with van der Waals surface area (Å²) in [6.45, 7) is 6.41. The molecule has 1 amide bonds. The van der Waals surface area contributed by atoms with E-state index in [1.54, 1.807) is 0 Å². The minimum Gasteiger partial charge on any atom is -0.348 e. The maximum absolute atomic E-state index is 12.3. The number of benzene rings is 1. The minimum absolute atomic E-state index is 0.0116. The maximum Gasteiger partial charge on any atom is 0.234 e. The number of piperidine rings is 1. The molecule has 2 aromatic rings. The third-order valence-electron chi connectivity index (χ3n) is 5.04. The van der Waals surface area contributed by atoms with E-state index >= 15 is 0 Å². The van der Waals surface area contributed by atoms with Gasteiger partial charge in [-0.2, -0.15) is 0 Å². The molecule has 1 N–H and O–H groups in total. The monoisotopic (exact) mass is 337 g/mol. The van der Waals surface area contributed by atoms with Crippen LogP contribution in [0.1, 0.15) is 48.5 Å². The molecule has 1 aromatic carbocycles. The number of nitrogens with one attached hydrogen (secondary N) is 1. The van der Waals surface area contributed by atoms with E-state index in [0.29, 0.717) is 12.5 Å². The van der Waals surface area contributed by atoms with Crippen LogP contribution in [0.2, 0.25) is 0 Å². The lowest BCUT2D eigenvalue weighted by Gasteiger charge is -2.32. The Morgan fingerprint density at radius 2 is 1.92 bits per heavy atom. The molecule has 1 atom stereocenters. The first kappa shape index (κ1) is 17.6. The molecule has 0 saturated carbocycles. The Hall–Kier alpha value is -2.20. The fourth-order valence-electron chi connectivity index (χ4n) is 3.46. The quantitative estimate of drug-likeness (QED) is 0.909. The molecule has 0 bridgehead atoms. The zero-order valence-electron chi connectivity index (χ0n) is 15.1. The number of aryl methyl sites for hydroxylation is 1. The van der Waals surface area contributed by atoms with Gasteiger partial charge in [-0.05, 0) is 62.9 Å². The Balaban J connectivity index is 1.45. The summed E-state index contributed by atoms with van der Waals surface area (Å²) in [6.07, 6.45) is 4.08. The van der Waals surface area contributed by atoms with Crippen LogP contribution < -0.4 is 5.32 Å². The third kappa shape index (κ3) is 4.89. The molecule has 0 aliphatic carbocycles. The Bertz CT molecular complexity index is 676. The van der Waals surface area contributed by atoms with Crippen molar-refractivity contribution < 1.29 is 4.79 Å². The largest absolute Gasteiger partial charge is 0.348 e. The number of nitrogens with zero attached hydrogens (tertiary/aromatic N) is 2. The van der Waals surface area contributed by atoms with Gasteiger partial charge >= 0.3 is 0 Å². The van der Waals surface area contributed by atoms with Crippen molar-refractivity contribution in [3.8, 4) is 0 Å². The number of hydrogen-bond donors (Lipinski definition) is 1. The fourth-order valence-corrected chi connectivity index (χ4v) is 3.46. The van der Waals surface area contributed by atoms with E-state index in [4.69, 9.17) is 0 Å². The Morgan fingerprint density at radius 3 is 2.56 bits per heavy atom. The van der Waals surface area contributed by atoms with Crippen molar-refractivity contribution in [2.75, 3.05) is 19.6 Å². The van der Waals surface area contributed by atoms with Crippen molar-refractivity contribution in [3.05, 3.63) is 65.5 Å². The van der Waals surface area contributed by atoms with E-state index in [9.17, 15) is 4.79 Å². The van der Waals surface area contributed by atoms with Crippen molar-refractivity contribution in [2.45, 2.75) is 38.6 Å². The van der Waals surface area contributed by atoms with Gasteiger partial charge in [0, 0.05) is 11.9 Å². The lowest BCUT2D eigenvalue weighted by Crippen LogP contribution is -2.41. The van der Waals surface area contributed by atoms with E-state index in [1.165, 1.54) is 5.56 Å². The van der Waals surface area contributed by atoms with Gasteiger partial charge in [-0.1, -0.05) is 36.4 Å². The van der Waals surface area contributed by atoms with Gasteiger partial charge in [-0.25, -0.2) is 0 Å². The molecule has 4 heteroatoms. The molecule has 1 fully saturated rings. The predicted molar refractivity (Wildman–Crippen MR) is 100 cm³/mol. The SMILES string of the molecule is Cc1ccc([C@@H](C)NC(=O)CN2CCC(c3ccccc3)CC2)cn1. The summed E-state index contributed by atoms with van der Waals surface area (Å²) >= 11 is 0. The Morgan fingerprint density at radius 1 is 1.20 bits per heavy atom. The standard InChI is InChI=1S/C21H27N3O/c1-16-8-9-20(14-22-16)17(2)23-21(25)15-24-12-10-19(11-13-24)18-6-4-3-5-7-18/h3-9,14,17,19H,10-13,15H2,1-2H3,(H,23,25)/t17-/m1/s1. The second-order valence-corrected chi connectivity index (χ2v) is 6.98. The zero-order chi connectivity index (χ0) is 17.6. The molecule has 1 aromatic heterocycles. The smallest absolute Gasteiger partial charge is 0.234 e. The maximum atomic E-state index is 12.3. The van der Waals surface area contributed by atoms with Crippen LogP contribution in [0, 0.1) is 6.92 Å². The predicted octanol–water partition coefficient (Wildman–Crippen LogP) is 3.45. The lowest BCUT2D eigenvalue weighted by atomic mass is 9.89. The Kier molecular flexibility index (Phi) is 5.82. The van der Waals surface area contributed by atoms with E-state index in [2.05, 4.69) is 45.5 Å². The van der Waals surface area contributed by atoms with Gasteiger partial charge in [0.05, 0.1) is 12.6 Å². The van der Waals surface area contributed by atoms with Gasteiger partial charge in [0.1, 0.15) is 0 Å². The topological polar surface area (TPSA) is 45.2 Å². The number of pyridine rings is 1. The van der Waals surface area contributed by atoms with Crippen LogP contribution in [-0.2, 0) is 4.79 Å². The van der Waals surface area contributed by atoms with E-state index in [1.807, 2.05) is 32.2 Å². The molecule has 0 radical (unpaired) electrons. The second kappa shape index (κ2) is 8.26. The van der Waals surface area contributed by atoms with Crippen LogP contribution in [0.4, 0.5) is 0 Å². The molecule has 1 aliphatic heterocycles. The van der Waals surface area contributed by atoms with Crippen LogP contribution in [0.15, 0.2) is 48.7 Å². The van der Waals surface area contributed by atoms with E-state index in [0.717, 1.165) is 37.2 Å². The average Bonchev–Trinajstić information content (AvgIpc) is 2.63. The number of hydrogen-bond acceptors (Lipinski definition) is 3. The molecule has 1 saturated heterocycles. The molecule has 4 nitrogen and oxygen atoms in total. The van der Waals surface area contributed by atoms with Crippen LogP contribution in [0.5, 0.6) is 0 Å².